The number of aromatic amines is 1. The van der Waals surface area contributed by atoms with Gasteiger partial charge in [-0.2, -0.15) is 16.9 Å². The van der Waals surface area contributed by atoms with Gasteiger partial charge in [-0.25, -0.2) is 4.98 Å². The minimum atomic E-state index is 0.450. The van der Waals surface area contributed by atoms with Crippen molar-refractivity contribution in [3.05, 3.63) is 11.6 Å². The lowest BCUT2D eigenvalue weighted by Crippen LogP contribution is -2.19. The predicted octanol–water partition coefficient (Wildman–Crippen LogP) is 1.61. The van der Waals surface area contributed by atoms with Crippen molar-refractivity contribution in [3.8, 4) is 0 Å². The number of H-pyrrole nitrogens is 1. The maximum Gasteiger partial charge on any atom is 0.164 e. The molecule has 2 atom stereocenters. The van der Waals surface area contributed by atoms with Crippen molar-refractivity contribution in [1.82, 2.24) is 15.2 Å². The summed E-state index contributed by atoms with van der Waals surface area (Å²) in [7, 11) is 0. The molecule has 4 nitrogen and oxygen atoms in total. The van der Waals surface area contributed by atoms with Crippen molar-refractivity contribution in [3.63, 3.8) is 0 Å². The highest BCUT2D eigenvalue weighted by molar-refractivity contribution is 8.06. The Labute approximate surface area is 105 Å². The number of rotatable bonds is 4. The third kappa shape index (κ3) is 2.73. The average molecular weight is 258 g/mol. The fourth-order valence-corrected chi connectivity index (χ4v) is 4.82. The Bertz CT molecular complexity index is 328. The molecule has 2 rings (SSSR count). The first-order valence-corrected chi connectivity index (χ1v) is 7.79. The van der Waals surface area contributed by atoms with E-state index in [1.165, 1.54) is 17.9 Å². The Hall–Kier alpha value is -0.200. The van der Waals surface area contributed by atoms with Crippen molar-refractivity contribution >= 4 is 23.5 Å². The molecule has 1 aromatic rings. The Morgan fingerprint density at radius 3 is 3.00 bits per heavy atom. The number of thioether (sulfide) groups is 2. The summed E-state index contributed by atoms with van der Waals surface area (Å²) in [5.74, 6) is 4.34. The molecule has 2 unspecified atom stereocenters. The minimum absolute atomic E-state index is 0.450. The number of aromatic nitrogens is 3. The summed E-state index contributed by atoms with van der Waals surface area (Å²) in [6, 6.07) is 0. The molecule has 1 aliphatic heterocycles. The van der Waals surface area contributed by atoms with Crippen molar-refractivity contribution in [1.29, 1.82) is 0 Å². The summed E-state index contributed by atoms with van der Waals surface area (Å²) in [6.45, 7) is 2.86. The van der Waals surface area contributed by atoms with Crippen LogP contribution in [0, 0.1) is 0 Å². The van der Waals surface area contributed by atoms with E-state index in [9.17, 15) is 0 Å². The Morgan fingerprint density at radius 1 is 1.44 bits per heavy atom. The second-order valence-corrected chi connectivity index (χ2v) is 6.38. The fraction of sp³-hybridized carbons (Fsp3) is 0.800. The van der Waals surface area contributed by atoms with E-state index in [4.69, 9.17) is 5.73 Å². The van der Waals surface area contributed by atoms with E-state index in [1.54, 1.807) is 0 Å². The van der Waals surface area contributed by atoms with E-state index in [-0.39, 0.29) is 0 Å². The zero-order valence-electron chi connectivity index (χ0n) is 9.48. The summed E-state index contributed by atoms with van der Waals surface area (Å²) in [5.41, 5.74) is 5.50. The molecule has 6 heteroatoms. The predicted molar refractivity (Wildman–Crippen MR) is 70.9 cm³/mol. The van der Waals surface area contributed by atoms with Crippen LogP contribution in [0.4, 0.5) is 0 Å². The maximum atomic E-state index is 5.50. The number of nitrogens with two attached hydrogens (primary N) is 1. The van der Waals surface area contributed by atoms with Crippen LogP contribution in [0.5, 0.6) is 0 Å². The van der Waals surface area contributed by atoms with E-state index in [0.29, 0.717) is 17.0 Å². The van der Waals surface area contributed by atoms with Crippen LogP contribution >= 0.6 is 23.5 Å². The molecule has 90 valence electrons. The Kier molecular flexibility index (Phi) is 4.55. The van der Waals surface area contributed by atoms with Gasteiger partial charge < -0.3 is 5.73 Å². The standard InChI is InChI=1S/C10H18N4S2/c1-2-7-9(16-6-5-15-7)10-12-8(3-4-11)13-14-10/h7,9H,2-6,11H2,1H3,(H,12,13,14). The second-order valence-electron chi connectivity index (χ2n) is 3.79. The maximum absolute atomic E-state index is 5.50. The monoisotopic (exact) mass is 258 g/mol. The Morgan fingerprint density at radius 2 is 2.25 bits per heavy atom. The molecular formula is C10H18N4S2. The highest BCUT2D eigenvalue weighted by Gasteiger charge is 2.29. The lowest BCUT2D eigenvalue weighted by atomic mass is 10.2. The molecule has 0 bridgehead atoms. The van der Waals surface area contributed by atoms with Crippen molar-refractivity contribution in [2.45, 2.75) is 30.3 Å². The van der Waals surface area contributed by atoms with E-state index in [0.717, 1.165) is 18.1 Å². The largest absolute Gasteiger partial charge is 0.330 e. The van der Waals surface area contributed by atoms with Crippen LogP contribution in [0.1, 0.15) is 30.2 Å². The van der Waals surface area contributed by atoms with Gasteiger partial charge in [-0.05, 0) is 13.0 Å². The van der Waals surface area contributed by atoms with Gasteiger partial charge in [-0.1, -0.05) is 6.92 Å². The lowest BCUT2D eigenvalue weighted by Gasteiger charge is -2.27. The Balaban J connectivity index is 2.08. The van der Waals surface area contributed by atoms with E-state index < -0.39 is 0 Å². The molecule has 1 aromatic heterocycles. The zero-order valence-corrected chi connectivity index (χ0v) is 11.1. The highest BCUT2D eigenvalue weighted by Crippen LogP contribution is 2.42. The van der Waals surface area contributed by atoms with Crippen LogP contribution in [0.25, 0.3) is 0 Å². The van der Waals surface area contributed by atoms with Crippen LogP contribution < -0.4 is 5.73 Å². The average Bonchev–Trinajstić information content (AvgIpc) is 2.78. The molecule has 2 heterocycles. The van der Waals surface area contributed by atoms with Gasteiger partial charge in [0.05, 0.1) is 5.25 Å². The summed E-state index contributed by atoms with van der Waals surface area (Å²) in [5, 5.41) is 8.42. The third-order valence-corrected chi connectivity index (χ3v) is 5.88. The van der Waals surface area contributed by atoms with E-state index >= 15 is 0 Å². The van der Waals surface area contributed by atoms with E-state index in [2.05, 4.69) is 22.1 Å². The molecule has 1 fully saturated rings. The highest BCUT2D eigenvalue weighted by atomic mass is 32.2. The molecule has 0 saturated carbocycles. The van der Waals surface area contributed by atoms with Crippen molar-refractivity contribution in [2.24, 2.45) is 5.73 Å². The summed E-state index contributed by atoms with van der Waals surface area (Å²) in [4.78, 5) is 4.54. The van der Waals surface area contributed by atoms with Crippen molar-refractivity contribution in [2.75, 3.05) is 18.1 Å². The first-order chi connectivity index (χ1) is 7.85. The quantitative estimate of drug-likeness (QED) is 0.858. The zero-order chi connectivity index (χ0) is 11.4. The van der Waals surface area contributed by atoms with Crippen LogP contribution in [0.2, 0.25) is 0 Å². The number of nitrogens with zero attached hydrogens (tertiary/aromatic N) is 2. The molecule has 0 radical (unpaired) electrons. The number of hydrogen-bond acceptors (Lipinski definition) is 5. The van der Waals surface area contributed by atoms with Gasteiger partial charge in [0.15, 0.2) is 5.82 Å². The molecule has 0 aromatic carbocycles. The molecule has 1 saturated heterocycles. The van der Waals surface area contributed by atoms with Gasteiger partial charge in [0.25, 0.3) is 0 Å². The summed E-state index contributed by atoms with van der Waals surface area (Å²) < 4.78 is 0. The van der Waals surface area contributed by atoms with Gasteiger partial charge >= 0.3 is 0 Å². The molecule has 16 heavy (non-hydrogen) atoms. The van der Waals surface area contributed by atoms with Crippen LogP contribution in [-0.2, 0) is 6.42 Å². The van der Waals surface area contributed by atoms with Gasteiger partial charge in [0.1, 0.15) is 5.82 Å². The van der Waals surface area contributed by atoms with Gasteiger partial charge in [-0.3, -0.25) is 5.10 Å². The summed E-state index contributed by atoms with van der Waals surface area (Å²) in [6.07, 6.45) is 1.97. The first kappa shape index (κ1) is 12.3. The third-order valence-electron chi connectivity index (χ3n) is 2.64. The second kappa shape index (κ2) is 5.93. The molecular weight excluding hydrogens is 240 g/mol. The molecule has 1 aliphatic rings. The fourth-order valence-electron chi connectivity index (χ4n) is 1.83. The smallest absolute Gasteiger partial charge is 0.164 e. The molecule has 0 amide bonds. The number of hydrogen-bond donors (Lipinski definition) is 2. The van der Waals surface area contributed by atoms with Gasteiger partial charge in [-0.15, -0.1) is 11.8 Å². The van der Waals surface area contributed by atoms with Crippen LogP contribution in [0.3, 0.4) is 0 Å². The van der Waals surface area contributed by atoms with Gasteiger partial charge in [0.2, 0.25) is 0 Å². The van der Waals surface area contributed by atoms with Crippen LogP contribution in [-0.4, -0.2) is 38.5 Å². The molecule has 0 spiro atoms. The normalized spacial score (nSPS) is 25.9. The first-order valence-electron chi connectivity index (χ1n) is 5.69. The lowest BCUT2D eigenvalue weighted by molar-refractivity contribution is 0.752. The topological polar surface area (TPSA) is 67.6 Å². The van der Waals surface area contributed by atoms with E-state index in [1.807, 2.05) is 23.5 Å². The van der Waals surface area contributed by atoms with Crippen molar-refractivity contribution < 1.29 is 0 Å². The summed E-state index contributed by atoms with van der Waals surface area (Å²) >= 11 is 4.03. The molecule has 3 N–H and O–H groups in total. The minimum Gasteiger partial charge on any atom is -0.330 e. The van der Waals surface area contributed by atoms with Crippen LogP contribution in [0.15, 0.2) is 0 Å². The number of nitrogens with one attached hydrogen (secondary N) is 1. The molecule has 0 aliphatic carbocycles. The SMILES string of the molecule is CCC1SCCSC1c1n[nH]c(CCN)n1. The van der Waals surface area contributed by atoms with Gasteiger partial charge in [0, 0.05) is 23.2 Å².